The topological polar surface area (TPSA) is 79.3 Å². The Morgan fingerprint density at radius 1 is 1.12 bits per heavy atom. The van der Waals surface area contributed by atoms with Gasteiger partial charge in [0.05, 0.1) is 16.9 Å². The van der Waals surface area contributed by atoms with Crippen molar-refractivity contribution < 1.29 is 4.79 Å². The van der Waals surface area contributed by atoms with Crippen molar-refractivity contribution in [3.63, 3.8) is 0 Å². The number of nitrogens with one attached hydrogen (secondary N) is 2. The molecule has 212 valence electrons. The van der Waals surface area contributed by atoms with Crippen molar-refractivity contribution in [3.05, 3.63) is 87.1 Å². The summed E-state index contributed by atoms with van der Waals surface area (Å²) in [6.07, 6.45) is 4.15. The quantitative estimate of drug-likeness (QED) is 0.216. The molecular weight excluding hydrogens is 542 g/mol. The van der Waals surface area contributed by atoms with E-state index in [0.717, 1.165) is 48.7 Å². The van der Waals surface area contributed by atoms with Gasteiger partial charge in [-0.1, -0.05) is 50.1 Å². The van der Waals surface area contributed by atoms with Gasteiger partial charge in [-0.2, -0.15) is 0 Å². The van der Waals surface area contributed by atoms with Crippen LogP contribution in [0.3, 0.4) is 0 Å². The first-order valence-corrected chi connectivity index (χ1v) is 15.1. The lowest BCUT2D eigenvalue weighted by molar-refractivity contribution is -0.132. The van der Waals surface area contributed by atoms with Crippen LogP contribution in [0.4, 0.5) is 5.69 Å². The number of benzene rings is 2. The first kappa shape index (κ1) is 28.7. The maximum atomic E-state index is 13.9. The Hall–Kier alpha value is -2.81. The van der Waals surface area contributed by atoms with E-state index in [2.05, 4.69) is 24.5 Å². The van der Waals surface area contributed by atoms with Crippen LogP contribution >= 0.6 is 24.2 Å². The monoisotopic (exact) mass is 579 g/mol. The van der Waals surface area contributed by atoms with Gasteiger partial charge in [-0.15, -0.1) is 12.6 Å². The molecule has 1 amide bonds. The highest BCUT2D eigenvalue weighted by Crippen LogP contribution is 2.38. The second-order valence-electron chi connectivity index (χ2n) is 11.1. The maximum absolute atomic E-state index is 13.9. The van der Waals surface area contributed by atoms with Gasteiger partial charge in [-0.05, 0) is 55.2 Å². The largest absolute Gasteiger partial charge is 0.381 e. The molecule has 9 heteroatoms. The van der Waals surface area contributed by atoms with Gasteiger partial charge in [0.25, 0.3) is 5.56 Å². The molecule has 1 aliphatic carbocycles. The van der Waals surface area contributed by atoms with E-state index in [1.54, 1.807) is 9.47 Å². The van der Waals surface area contributed by atoms with Gasteiger partial charge >= 0.3 is 0 Å². The smallest absolute Gasteiger partial charge is 0.264 e. The van der Waals surface area contributed by atoms with Crippen LogP contribution < -0.4 is 16.2 Å². The maximum Gasteiger partial charge on any atom is 0.264 e. The molecule has 3 aromatic rings. The average Bonchev–Trinajstić information content (AvgIpc) is 2.91. The zero-order chi connectivity index (χ0) is 28.2. The Morgan fingerprint density at radius 3 is 2.50 bits per heavy atom. The third-order valence-electron chi connectivity index (χ3n) is 8.05. The number of aromatic nitrogens is 2. The molecule has 0 spiro atoms. The second kappa shape index (κ2) is 12.8. The van der Waals surface area contributed by atoms with Crippen LogP contribution in [0.25, 0.3) is 5.69 Å². The minimum absolute atomic E-state index is 0.0152. The Morgan fingerprint density at radius 2 is 1.85 bits per heavy atom. The lowest BCUT2D eigenvalue weighted by Gasteiger charge is -2.36. The molecular formula is C31H38ClN5O2S. The van der Waals surface area contributed by atoms with Gasteiger partial charge in [-0.3, -0.25) is 14.2 Å². The molecule has 1 unspecified atom stereocenters. The highest BCUT2D eigenvalue weighted by molar-refractivity contribution is 7.80. The van der Waals surface area contributed by atoms with E-state index < -0.39 is 5.37 Å². The third-order valence-corrected chi connectivity index (χ3v) is 8.84. The van der Waals surface area contributed by atoms with Crippen molar-refractivity contribution in [1.29, 1.82) is 0 Å². The fourth-order valence-electron chi connectivity index (χ4n) is 5.39. The van der Waals surface area contributed by atoms with Gasteiger partial charge in [0.1, 0.15) is 11.2 Å². The molecule has 1 saturated carbocycles. The molecule has 0 saturated heterocycles. The minimum atomic E-state index is -0.614. The normalized spacial score (nSPS) is 17.8. The number of fused-ring (bicyclic) bond motifs is 1. The summed E-state index contributed by atoms with van der Waals surface area (Å²) in [6.45, 7) is 6.11. The van der Waals surface area contributed by atoms with Gasteiger partial charge in [-0.25, -0.2) is 4.98 Å². The molecule has 5 rings (SSSR count). The number of para-hydroxylation sites is 1. The summed E-state index contributed by atoms with van der Waals surface area (Å²) in [6, 6.07) is 17.6. The summed E-state index contributed by atoms with van der Waals surface area (Å²) >= 11 is 10.8. The molecule has 1 aromatic heterocycles. The number of carbonyl (C=O) groups is 1. The Balaban J connectivity index is 1.25. The summed E-state index contributed by atoms with van der Waals surface area (Å²) in [5.74, 6) is 1.52. The van der Waals surface area contributed by atoms with E-state index in [1.807, 2.05) is 54.6 Å². The number of anilines is 1. The van der Waals surface area contributed by atoms with E-state index in [-0.39, 0.29) is 17.5 Å². The van der Waals surface area contributed by atoms with Crippen LogP contribution in [0, 0.1) is 5.92 Å². The first-order chi connectivity index (χ1) is 19.3. The summed E-state index contributed by atoms with van der Waals surface area (Å²) < 4.78 is 1.75. The summed E-state index contributed by atoms with van der Waals surface area (Å²) in [7, 11) is 0. The molecule has 2 aromatic carbocycles. The molecule has 2 heterocycles. The van der Waals surface area contributed by atoms with Crippen LogP contribution in [0.1, 0.15) is 67.9 Å². The predicted molar refractivity (Wildman–Crippen MR) is 165 cm³/mol. The molecule has 7 nitrogen and oxygen atoms in total. The SMILES string of the molecule is CC(C)[C@H](CNCCC(=O)N1CCc2nc(C3CCC3)n(-c3ccccc3)c(=O)c2C1S)Nc1ccc(Cl)cc1. The number of thiol groups is 1. The summed E-state index contributed by atoms with van der Waals surface area (Å²) in [5.41, 5.74) is 3.02. The van der Waals surface area contributed by atoms with Crippen molar-refractivity contribution in [2.45, 2.75) is 63.3 Å². The van der Waals surface area contributed by atoms with Crippen molar-refractivity contribution in [3.8, 4) is 5.69 Å². The lowest BCUT2D eigenvalue weighted by Crippen LogP contribution is -2.44. The van der Waals surface area contributed by atoms with Crippen molar-refractivity contribution in [2.75, 3.05) is 25.0 Å². The fourth-order valence-corrected chi connectivity index (χ4v) is 6.02. The number of hydrogen-bond donors (Lipinski definition) is 3. The standard InChI is InChI=1S/C31H38ClN5O2S/c1-20(2)26(34-23-13-11-22(32)12-14-23)19-33-17-15-27(38)36-18-16-25-28(31(36)40)30(39)37(24-9-4-3-5-10-24)29(35-25)21-7-6-8-21/h3-5,9-14,20-21,26,31,33-34,40H,6-8,15-19H2,1-2H3/t26-,31?/m0/s1. The summed E-state index contributed by atoms with van der Waals surface area (Å²) in [5, 5.41) is 7.08. The van der Waals surface area contributed by atoms with E-state index in [0.29, 0.717) is 48.4 Å². The molecule has 1 fully saturated rings. The predicted octanol–water partition coefficient (Wildman–Crippen LogP) is 5.58. The highest BCUT2D eigenvalue weighted by atomic mass is 35.5. The number of carbonyl (C=O) groups excluding carboxylic acids is 1. The second-order valence-corrected chi connectivity index (χ2v) is 12.0. The van der Waals surface area contributed by atoms with Crippen molar-refractivity contribution >= 4 is 35.8 Å². The number of nitrogens with zero attached hydrogens (tertiary/aromatic N) is 3. The number of rotatable bonds is 10. The molecule has 0 bridgehead atoms. The van der Waals surface area contributed by atoms with E-state index >= 15 is 0 Å². The fraction of sp³-hybridized carbons (Fsp3) is 0.452. The molecule has 0 radical (unpaired) electrons. The molecule has 2 aliphatic rings. The summed E-state index contributed by atoms with van der Waals surface area (Å²) in [4.78, 5) is 34.0. The average molecular weight is 580 g/mol. The molecule has 2 N–H and O–H groups in total. The zero-order valence-corrected chi connectivity index (χ0v) is 24.8. The van der Waals surface area contributed by atoms with Crippen LogP contribution in [-0.2, 0) is 11.2 Å². The minimum Gasteiger partial charge on any atom is -0.381 e. The number of amides is 1. The van der Waals surface area contributed by atoms with Crippen LogP contribution in [0.5, 0.6) is 0 Å². The Bertz CT molecular complexity index is 1370. The Kier molecular flexibility index (Phi) is 9.18. The van der Waals surface area contributed by atoms with Crippen LogP contribution in [-0.4, -0.2) is 46.0 Å². The lowest BCUT2D eigenvalue weighted by atomic mass is 9.84. The highest BCUT2D eigenvalue weighted by Gasteiger charge is 2.35. The zero-order valence-electron chi connectivity index (χ0n) is 23.1. The molecule has 40 heavy (non-hydrogen) atoms. The molecule has 1 aliphatic heterocycles. The molecule has 2 atom stereocenters. The Labute approximate surface area is 246 Å². The van der Waals surface area contributed by atoms with Crippen molar-refractivity contribution in [1.82, 2.24) is 19.8 Å². The first-order valence-electron chi connectivity index (χ1n) is 14.2. The third kappa shape index (κ3) is 6.24. The van der Waals surface area contributed by atoms with Gasteiger partial charge in [0.15, 0.2) is 0 Å². The van der Waals surface area contributed by atoms with Gasteiger partial charge in [0, 0.05) is 55.1 Å². The number of hydrogen-bond acceptors (Lipinski definition) is 6. The van der Waals surface area contributed by atoms with Crippen LogP contribution in [0.15, 0.2) is 59.4 Å². The van der Waals surface area contributed by atoms with Gasteiger partial charge in [0.2, 0.25) is 5.91 Å². The number of halogens is 1. The van der Waals surface area contributed by atoms with Crippen LogP contribution in [0.2, 0.25) is 5.02 Å². The van der Waals surface area contributed by atoms with E-state index in [4.69, 9.17) is 29.2 Å². The van der Waals surface area contributed by atoms with E-state index in [9.17, 15) is 9.59 Å². The van der Waals surface area contributed by atoms with Gasteiger partial charge < -0.3 is 15.5 Å². The van der Waals surface area contributed by atoms with E-state index in [1.165, 1.54) is 0 Å². The van der Waals surface area contributed by atoms with Crippen molar-refractivity contribution in [2.24, 2.45) is 5.92 Å².